The van der Waals surface area contributed by atoms with E-state index in [1.807, 2.05) is 0 Å². The number of sulfonamides is 1. The fourth-order valence-corrected chi connectivity index (χ4v) is 3.91. The molecule has 4 rings (SSSR count). The van der Waals surface area contributed by atoms with E-state index in [1.54, 1.807) is 42.5 Å². The van der Waals surface area contributed by atoms with Crippen LogP contribution in [0.1, 0.15) is 0 Å². The van der Waals surface area contributed by atoms with Crippen molar-refractivity contribution in [2.75, 3.05) is 4.72 Å². The van der Waals surface area contributed by atoms with Gasteiger partial charge in [-0.15, -0.1) is 0 Å². The van der Waals surface area contributed by atoms with Crippen molar-refractivity contribution in [3.05, 3.63) is 82.0 Å². The fraction of sp³-hybridized carbons (Fsp3) is 0. The number of hydrogen-bond acceptors (Lipinski definition) is 4. The van der Waals surface area contributed by atoms with Crippen molar-refractivity contribution < 1.29 is 12.8 Å². The van der Waals surface area contributed by atoms with Crippen LogP contribution in [0.4, 0.5) is 5.69 Å². The van der Waals surface area contributed by atoms with Crippen LogP contribution in [-0.2, 0) is 10.0 Å². The third kappa shape index (κ3) is 2.83. The Morgan fingerprint density at radius 3 is 2.31 bits per heavy atom. The van der Waals surface area contributed by atoms with Crippen LogP contribution in [0.5, 0.6) is 0 Å². The standard InChI is InChI=1S/C19H12ClNO4S/c20-12-8-10-13(11-9-12)26(23,24)21-16-6-3-5-15-18(22)14-4-1-2-7-17(14)25-19(15)16/h1-11,21H. The maximum absolute atomic E-state index is 12.7. The van der Waals surface area contributed by atoms with Crippen LogP contribution in [0.15, 0.2) is 80.8 Å². The van der Waals surface area contributed by atoms with Crippen LogP contribution in [0.2, 0.25) is 5.02 Å². The van der Waals surface area contributed by atoms with E-state index in [-0.39, 0.29) is 21.6 Å². The van der Waals surface area contributed by atoms with E-state index < -0.39 is 10.0 Å². The van der Waals surface area contributed by atoms with Crippen molar-refractivity contribution in [1.29, 1.82) is 0 Å². The Morgan fingerprint density at radius 2 is 1.54 bits per heavy atom. The van der Waals surface area contributed by atoms with Crippen LogP contribution >= 0.6 is 11.6 Å². The second-order valence-electron chi connectivity index (χ2n) is 5.67. The van der Waals surface area contributed by atoms with Crippen molar-refractivity contribution >= 4 is 49.3 Å². The smallest absolute Gasteiger partial charge is 0.262 e. The van der Waals surface area contributed by atoms with E-state index in [4.69, 9.17) is 16.0 Å². The number of benzene rings is 3. The van der Waals surface area contributed by atoms with Gasteiger partial charge in [0.25, 0.3) is 10.0 Å². The molecular weight excluding hydrogens is 374 g/mol. The molecule has 130 valence electrons. The van der Waals surface area contributed by atoms with Gasteiger partial charge in [-0.3, -0.25) is 9.52 Å². The SMILES string of the molecule is O=c1c2ccccc2oc2c(NS(=O)(=O)c3ccc(Cl)cc3)cccc12. The first-order valence-electron chi connectivity index (χ1n) is 7.69. The Balaban J connectivity index is 1.89. The summed E-state index contributed by atoms with van der Waals surface area (Å²) in [5, 5.41) is 1.18. The lowest BCUT2D eigenvalue weighted by Crippen LogP contribution is -2.13. The van der Waals surface area contributed by atoms with Gasteiger partial charge in [0.05, 0.1) is 21.4 Å². The molecule has 1 N–H and O–H groups in total. The largest absolute Gasteiger partial charge is 0.454 e. The molecule has 0 fully saturated rings. The molecule has 0 radical (unpaired) electrons. The number of hydrogen-bond donors (Lipinski definition) is 1. The maximum atomic E-state index is 12.7. The molecule has 5 nitrogen and oxygen atoms in total. The molecule has 3 aromatic carbocycles. The molecule has 0 saturated carbocycles. The molecule has 0 saturated heterocycles. The Morgan fingerprint density at radius 1 is 0.846 bits per heavy atom. The van der Waals surface area contributed by atoms with Gasteiger partial charge in [-0.2, -0.15) is 0 Å². The first-order valence-corrected chi connectivity index (χ1v) is 9.55. The zero-order chi connectivity index (χ0) is 18.3. The summed E-state index contributed by atoms with van der Waals surface area (Å²) in [4.78, 5) is 12.7. The average Bonchev–Trinajstić information content (AvgIpc) is 2.63. The molecule has 26 heavy (non-hydrogen) atoms. The molecule has 7 heteroatoms. The Bertz CT molecular complexity index is 1290. The average molecular weight is 386 g/mol. The zero-order valence-corrected chi connectivity index (χ0v) is 14.8. The second-order valence-corrected chi connectivity index (χ2v) is 7.79. The molecule has 0 spiro atoms. The topological polar surface area (TPSA) is 76.4 Å². The van der Waals surface area contributed by atoms with Crippen LogP contribution in [0.25, 0.3) is 21.9 Å². The second kappa shape index (κ2) is 6.16. The lowest BCUT2D eigenvalue weighted by molar-refractivity contribution is 0.601. The van der Waals surface area contributed by atoms with Gasteiger partial charge in [-0.25, -0.2) is 8.42 Å². The molecule has 4 aromatic rings. The number of para-hydroxylation sites is 2. The maximum Gasteiger partial charge on any atom is 0.262 e. The Labute approximate surface area is 153 Å². The monoisotopic (exact) mass is 385 g/mol. The summed E-state index contributed by atoms with van der Waals surface area (Å²) < 4.78 is 33.6. The molecule has 1 aromatic heterocycles. The predicted octanol–water partition coefficient (Wildman–Crippen LogP) is 4.40. The van der Waals surface area contributed by atoms with Crippen molar-refractivity contribution in [2.45, 2.75) is 4.90 Å². The minimum absolute atomic E-state index is 0.0574. The van der Waals surface area contributed by atoms with Gasteiger partial charge in [0, 0.05) is 5.02 Å². The zero-order valence-electron chi connectivity index (χ0n) is 13.3. The van der Waals surface area contributed by atoms with Crippen molar-refractivity contribution in [2.24, 2.45) is 0 Å². The number of nitrogens with one attached hydrogen (secondary N) is 1. The summed E-state index contributed by atoms with van der Waals surface area (Å²) in [5.74, 6) is 0. The van der Waals surface area contributed by atoms with E-state index in [9.17, 15) is 13.2 Å². The number of rotatable bonds is 3. The summed E-state index contributed by atoms with van der Waals surface area (Å²) in [6.07, 6.45) is 0. The third-order valence-electron chi connectivity index (χ3n) is 3.97. The fourth-order valence-electron chi connectivity index (χ4n) is 2.72. The van der Waals surface area contributed by atoms with E-state index >= 15 is 0 Å². The molecule has 0 amide bonds. The minimum atomic E-state index is -3.86. The minimum Gasteiger partial charge on any atom is -0.454 e. The summed E-state index contributed by atoms with van der Waals surface area (Å²) >= 11 is 5.81. The Hall–Kier alpha value is -2.83. The molecule has 0 aliphatic carbocycles. The van der Waals surface area contributed by atoms with Gasteiger partial charge in [0.2, 0.25) is 5.43 Å². The molecule has 0 unspecified atom stereocenters. The lowest BCUT2D eigenvalue weighted by atomic mass is 10.1. The van der Waals surface area contributed by atoms with E-state index in [2.05, 4.69) is 4.72 Å². The van der Waals surface area contributed by atoms with Gasteiger partial charge < -0.3 is 4.42 Å². The van der Waals surface area contributed by atoms with Crippen molar-refractivity contribution in [3.63, 3.8) is 0 Å². The van der Waals surface area contributed by atoms with Gasteiger partial charge in [0.1, 0.15) is 5.58 Å². The first-order chi connectivity index (χ1) is 12.5. The van der Waals surface area contributed by atoms with Gasteiger partial charge in [-0.1, -0.05) is 29.8 Å². The van der Waals surface area contributed by atoms with Gasteiger partial charge in [0.15, 0.2) is 5.58 Å². The van der Waals surface area contributed by atoms with Crippen LogP contribution in [0, 0.1) is 0 Å². The highest BCUT2D eigenvalue weighted by atomic mass is 35.5. The van der Waals surface area contributed by atoms with E-state index in [0.29, 0.717) is 21.4 Å². The molecular formula is C19H12ClNO4S. The van der Waals surface area contributed by atoms with Crippen LogP contribution < -0.4 is 10.2 Å². The van der Waals surface area contributed by atoms with Crippen LogP contribution in [-0.4, -0.2) is 8.42 Å². The molecule has 0 atom stereocenters. The normalized spacial score (nSPS) is 11.7. The summed E-state index contributed by atoms with van der Waals surface area (Å²) in [6, 6.07) is 17.4. The molecule has 0 aliphatic heterocycles. The van der Waals surface area contributed by atoms with Crippen molar-refractivity contribution in [1.82, 2.24) is 0 Å². The van der Waals surface area contributed by atoms with E-state index in [0.717, 1.165) is 0 Å². The molecule has 1 heterocycles. The highest BCUT2D eigenvalue weighted by Gasteiger charge is 2.18. The summed E-state index contributed by atoms with van der Waals surface area (Å²) in [6.45, 7) is 0. The highest BCUT2D eigenvalue weighted by Crippen LogP contribution is 2.27. The number of anilines is 1. The molecule has 0 aliphatic rings. The van der Waals surface area contributed by atoms with Crippen molar-refractivity contribution in [3.8, 4) is 0 Å². The summed E-state index contributed by atoms with van der Waals surface area (Å²) in [7, 11) is -3.86. The number of halogens is 1. The predicted molar refractivity (Wildman–Crippen MR) is 102 cm³/mol. The highest BCUT2D eigenvalue weighted by molar-refractivity contribution is 7.92. The molecule has 0 bridgehead atoms. The first kappa shape index (κ1) is 16.6. The summed E-state index contributed by atoms with van der Waals surface area (Å²) in [5.41, 5.74) is 0.562. The van der Waals surface area contributed by atoms with E-state index in [1.165, 1.54) is 24.3 Å². The quantitative estimate of drug-likeness (QED) is 0.530. The third-order valence-corrected chi connectivity index (χ3v) is 5.61. The number of fused-ring (bicyclic) bond motifs is 2. The van der Waals surface area contributed by atoms with Crippen LogP contribution in [0.3, 0.4) is 0 Å². The van der Waals surface area contributed by atoms with Gasteiger partial charge >= 0.3 is 0 Å². The van der Waals surface area contributed by atoms with Gasteiger partial charge in [-0.05, 0) is 48.5 Å². The Kier molecular flexibility index (Phi) is 3.94. The lowest BCUT2D eigenvalue weighted by Gasteiger charge is -2.10.